The van der Waals surface area contributed by atoms with Crippen LogP contribution >= 0.6 is 0 Å². The van der Waals surface area contributed by atoms with Gasteiger partial charge >= 0.3 is 0 Å². The van der Waals surface area contributed by atoms with E-state index in [-0.39, 0.29) is 0 Å². The number of nitrogens with one attached hydrogen (secondary N) is 1. The van der Waals surface area contributed by atoms with Crippen LogP contribution in [0.1, 0.15) is 45.1 Å². The zero-order chi connectivity index (χ0) is 12.3. The normalized spacial score (nSPS) is 24.4. The Morgan fingerprint density at radius 2 is 1.82 bits per heavy atom. The standard InChI is InChI=1S/C15H21NO/c1-11-7-9-13(10-8-11)17-15-6-4-3-5-14(15)12(2)16/h3-6,11,13,16H,7-10H2,1-2H3. The Bertz CT molecular complexity index is 392. The Morgan fingerprint density at radius 1 is 1.18 bits per heavy atom. The second-order valence-electron chi connectivity index (χ2n) is 5.12. The third-order valence-electron chi connectivity index (χ3n) is 3.55. The second kappa shape index (κ2) is 5.35. The van der Waals surface area contributed by atoms with Gasteiger partial charge in [-0.1, -0.05) is 19.1 Å². The fraction of sp³-hybridized carbons (Fsp3) is 0.533. The van der Waals surface area contributed by atoms with E-state index in [4.69, 9.17) is 10.1 Å². The first kappa shape index (κ1) is 12.2. The third-order valence-corrected chi connectivity index (χ3v) is 3.55. The molecule has 0 heterocycles. The lowest BCUT2D eigenvalue weighted by atomic mass is 9.89. The summed E-state index contributed by atoms with van der Waals surface area (Å²) < 4.78 is 6.06. The van der Waals surface area contributed by atoms with Crippen LogP contribution in [0.3, 0.4) is 0 Å². The quantitative estimate of drug-likeness (QED) is 0.783. The zero-order valence-corrected chi connectivity index (χ0v) is 10.7. The minimum atomic E-state index is 0.340. The number of hydrogen-bond donors (Lipinski definition) is 1. The number of benzene rings is 1. The van der Waals surface area contributed by atoms with E-state index in [2.05, 4.69) is 6.92 Å². The largest absolute Gasteiger partial charge is 0.490 e. The summed E-state index contributed by atoms with van der Waals surface area (Å²) >= 11 is 0. The van der Waals surface area contributed by atoms with Crippen molar-refractivity contribution < 1.29 is 4.74 Å². The molecule has 0 aliphatic heterocycles. The fourth-order valence-corrected chi connectivity index (χ4v) is 2.41. The summed E-state index contributed by atoms with van der Waals surface area (Å²) in [6.07, 6.45) is 5.15. The highest BCUT2D eigenvalue weighted by atomic mass is 16.5. The summed E-state index contributed by atoms with van der Waals surface area (Å²) in [5.41, 5.74) is 1.50. The monoisotopic (exact) mass is 231 g/mol. The van der Waals surface area contributed by atoms with Gasteiger partial charge in [-0.2, -0.15) is 0 Å². The molecule has 1 saturated carbocycles. The summed E-state index contributed by atoms with van der Waals surface area (Å²) in [7, 11) is 0. The third kappa shape index (κ3) is 3.09. The molecule has 2 heteroatoms. The molecule has 1 aliphatic carbocycles. The molecule has 0 unspecified atom stereocenters. The molecule has 1 aliphatic rings. The van der Waals surface area contributed by atoms with Crippen LogP contribution in [0.5, 0.6) is 5.75 Å². The summed E-state index contributed by atoms with van der Waals surface area (Å²) in [4.78, 5) is 0. The van der Waals surface area contributed by atoms with E-state index in [0.29, 0.717) is 11.8 Å². The van der Waals surface area contributed by atoms with E-state index in [1.54, 1.807) is 0 Å². The van der Waals surface area contributed by atoms with Crippen LogP contribution < -0.4 is 4.74 Å². The maximum Gasteiger partial charge on any atom is 0.128 e. The van der Waals surface area contributed by atoms with Crippen molar-refractivity contribution in [3.8, 4) is 5.75 Å². The molecule has 0 radical (unpaired) electrons. The summed E-state index contributed by atoms with van der Waals surface area (Å²) in [6, 6.07) is 7.88. The first-order valence-corrected chi connectivity index (χ1v) is 6.48. The Morgan fingerprint density at radius 3 is 2.47 bits per heavy atom. The van der Waals surface area contributed by atoms with Gasteiger partial charge in [0.2, 0.25) is 0 Å². The van der Waals surface area contributed by atoms with Gasteiger partial charge in [-0.05, 0) is 50.7 Å². The summed E-state index contributed by atoms with van der Waals surface area (Å²) in [5.74, 6) is 1.72. The van der Waals surface area contributed by atoms with Crippen LogP contribution in [0.15, 0.2) is 24.3 Å². The molecule has 0 atom stereocenters. The van der Waals surface area contributed by atoms with Gasteiger partial charge in [0, 0.05) is 11.3 Å². The highest BCUT2D eigenvalue weighted by Crippen LogP contribution is 2.28. The minimum absolute atomic E-state index is 0.340. The fourth-order valence-electron chi connectivity index (χ4n) is 2.41. The van der Waals surface area contributed by atoms with E-state index < -0.39 is 0 Å². The highest BCUT2D eigenvalue weighted by molar-refractivity contribution is 5.98. The minimum Gasteiger partial charge on any atom is -0.490 e. The van der Waals surface area contributed by atoms with E-state index >= 15 is 0 Å². The molecule has 0 bridgehead atoms. The van der Waals surface area contributed by atoms with Crippen LogP contribution in [0.25, 0.3) is 0 Å². The Balaban J connectivity index is 2.05. The zero-order valence-electron chi connectivity index (χ0n) is 10.7. The van der Waals surface area contributed by atoms with E-state index in [9.17, 15) is 0 Å². The van der Waals surface area contributed by atoms with Gasteiger partial charge in [-0.3, -0.25) is 0 Å². The van der Waals surface area contributed by atoms with Crippen molar-refractivity contribution in [1.82, 2.24) is 0 Å². The predicted molar refractivity (Wildman–Crippen MR) is 71.0 cm³/mol. The van der Waals surface area contributed by atoms with Gasteiger partial charge in [0.1, 0.15) is 5.75 Å². The molecule has 92 valence electrons. The molecule has 1 N–H and O–H groups in total. The first-order chi connectivity index (χ1) is 8.16. The number of hydrogen-bond acceptors (Lipinski definition) is 2. The average molecular weight is 231 g/mol. The van der Waals surface area contributed by atoms with Gasteiger partial charge in [-0.25, -0.2) is 0 Å². The van der Waals surface area contributed by atoms with Crippen molar-refractivity contribution in [2.45, 2.75) is 45.6 Å². The second-order valence-corrected chi connectivity index (χ2v) is 5.12. The van der Waals surface area contributed by atoms with Crippen LogP contribution in [-0.2, 0) is 0 Å². The maximum absolute atomic E-state index is 7.75. The molecule has 1 aromatic rings. The Hall–Kier alpha value is -1.31. The Kier molecular flexibility index (Phi) is 3.82. The predicted octanol–water partition coefficient (Wildman–Crippen LogP) is 4.03. The maximum atomic E-state index is 7.75. The van der Waals surface area contributed by atoms with Crippen LogP contribution in [0.4, 0.5) is 0 Å². The van der Waals surface area contributed by atoms with Crippen molar-refractivity contribution in [1.29, 1.82) is 5.41 Å². The molecule has 17 heavy (non-hydrogen) atoms. The first-order valence-electron chi connectivity index (χ1n) is 6.48. The van der Waals surface area contributed by atoms with Gasteiger partial charge < -0.3 is 10.1 Å². The van der Waals surface area contributed by atoms with E-state index in [1.165, 1.54) is 12.8 Å². The Labute approximate surface area is 104 Å². The number of ether oxygens (including phenoxy) is 1. The topological polar surface area (TPSA) is 33.1 Å². The average Bonchev–Trinajstić information content (AvgIpc) is 2.32. The van der Waals surface area contributed by atoms with Crippen LogP contribution in [-0.4, -0.2) is 11.8 Å². The molecule has 0 saturated heterocycles. The van der Waals surface area contributed by atoms with Gasteiger partial charge in [-0.15, -0.1) is 0 Å². The van der Waals surface area contributed by atoms with Crippen molar-refractivity contribution in [2.75, 3.05) is 0 Å². The highest BCUT2D eigenvalue weighted by Gasteiger charge is 2.20. The molecular formula is C15H21NO. The van der Waals surface area contributed by atoms with Crippen molar-refractivity contribution >= 4 is 5.71 Å². The van der Waals surface area contributed by atoms with Gasteiger partial charge in [0.25, 0.3) is 0 Å². The molecular weight excluding hydrogens is 210 g/mol. The molecule has 1 fully saturated rings. The number of rotatable bonds is 3. The molecule has 2 nitrogen and oxygen atoms in total. The lowest BCUT2D eigenvalue weighted by Gasteiger charge is -2.27. The van der Waals surface area contributed by atoms with E-state index in [1.807, 2.05) is 31.2 Å². The lowest BCUT2D eigenvalue weighted by Crippen LogP contribution is -2.23. The SMILES string of the molecule is CC(=N)c1ccccc1OC1CCC(C)CC1. The number of para-hydroxylation sites is 1. The van der Waals surface area contributed by atoms with Crippen molar-refractivity contribution in [3.05, 3.63) is 29.8 Å². The smallest absolute Gasteiger partial charge is 0.128 e. The van der Waals surface area contributed by atoms with E-state index in [0.717, 1.165) is 30.1 Å². The van der Waals surface area contributed by atoms with Crippen LogP contribution in [0, 0.1) is 11.3 Å². The molecule has 1 aromatic carbocycles. The van der Waals surface area contributed by atoms with Crippen molar-refractivity contribution in [2.24, 2.45) is 5.92 Å². The van der Waals surface area contributed by atoms with Gasteiger partial charge in [0.15, 0.2) is 0 Å². The lowest BCUT2D eigenvalue weighted by molar-refractivity contribution is 0.135. The molecule has 0 amide bonds. The van der Waals surface area contributed by atoms with Crippen molar-refractivity contribution in [3.63, 3.8) is 0 Å². The summed E-state index contributed by atoms with van der Waals surface area (Å²) in [6.45, 7) is 4.12. The summed E-state index contributed by atoms with van der Waals surface area (Å²) in [5, 5.41) is 7.75. The molecule has 0 aromatic heterocycles. The molecule has 0 spiro atoms. The molecule has 2 rings (SSSR count). The van der Waals surface area contributed by atoms with Gasteiger partial charge in [0.05, 0.1) is 6.10 Å². The van der Waals surface area contributed by atoms with Crippen LogP contribution in [0.2, 0.25) is 0 Å².